The molecule has 5 nitrogen and oxygen atoms in total. The Balaban J connectivity index is 1.97. The first-order chi connectivity index (χ1) is 9.95. The van der Waals surface area contributed by atoms with Crippen molar-refractivity contribution in [2.45, 2.75) is 26.8 Å². The van der Waals surface area contributed by atoms with E-state index in [4.69, 9.17) is 5.73 Å². The van der Waals surface area contributed by atoms with Gasteiger partial charge >= 0.3 is 0 Å². The van der Waals surface area contributed by atoms with Gasteiger partial charge in [-0.3, -0.25) is 4.79 Å². The number of nitrogens with zero attached hydrogens (tertiary/aromatic N) is 1. The van der Waals surface area contributed by atoms with Crippen molar-refractivity contribution < 1.29 is 4.79 Å². The Kier molecular flexibility index (Phi) is 4.93. The van der Waals surface area contributed by atoms with Crippen molar-refractivity contribution in [2.24, 2.45) is 11.7 Å². The van der Waals surface area contributed by atoms with Crippen LogP contribution in [0.2, 0.25) is 0 Å². The zero-order chi connectivity index (χ0) is 15.4. The minimum atomic E-state index is -0.499. The molecule has 0 fully saturated rings. The highest BCUT2D eigenvalue weighted by atomic mass is 32.1. The number of nitrogens with one attached hydrogen (secondary N) is 2. The molecule has 0 spiro atoms. The molecule has 1 aromatic heterocycles. The maximum Gasteiger partial charge on any atom is 0.241 e. The first kappa shape index (κ1) is 15.5. The summed E-state index contributed by atoms with van der Waals surface area (Å²) in [6.45, 7) is 5.80. The van der Waals surface area contributed by atoms with Crippen LogP contribution in [0.3, 0.4) is 0 Å². The molecule has 112 valence electrons. The molecule has 0 aliphatic carbocycles. The molecule has 2 rings (SSSR count). The van der Waals surface area contributed by atoms with E-state index >= 15 is 0 Å². The van der Waals surface area contributed by atoms with E-state index in [9.17, 15) is 4.79 Å². The molecule has 2 aromatic rings. The number of anilines is 3. The van der Waals surface area contributed by atoms with Gasteiger partial charge in [0.05, 0.1) is 11.7 Å². The molecule has 0 saturated heterocycles. The molecular weight excluding hydrogens is 284 g/mol. The summed E-state index contributed by atoms with van der Waals surface area (Å²) in [6.07, 6.45) is 0. The molecule has 0 aliphatic heterocycles. The number of thiazole rings is 1. The fourth-order valence-electron chi connectivity index (χ4n) is 1.70. The molecule has 0 bridgehead atoms. The highest BCUT2D eigenvalue weighted by Crippen LogP contribution is 2.22. The maximum absolute atomic E-state index is 11.9. The van der Waals surface area contributed by atoms with Gasteiger partial charge in [-0.05, 0) is 37.1 Å². The monoisotopic (exact) mass is 304 g/mol. The number of hydrogen-bond donors (Lipinski definition) is 3. The average molecular weight is 304 g/mol. The van der Waals surface area contributed by atoms with E-state index in [1.54, 1.807) is 11.3 Å². The summed E-state index contributed by atoms with van der Waals surface area (Å²) in [5.74, 6) is -0.0552. The Morgan fingerprint density at radius 3 is 2.38 bits per heavy atom. The fourth-order valence-corrected chi connectivity index (χ4v) is 2.41. The van der Waals surface area contributed by atoms with E-state index in [0.29, 0.717) is 0 Å². The van der Waals surface area contributed by atoms with E-state index in [2.05, 4.69) is 15.6 Å². The first-order valence-electron chi connectivity index (χ1n) is 6.81. The van der Waals surface area contributed by atoms with Crippen LogP contribution in [0.5, 0.6) is 0 Å². The second-order valence-electron chi connectivity index (χ2n) is 5.26. The number of carbonyl (C=O) groups excluding carboxylic acids is 1. The van der Waals surface area contributed by atoms with Crippen molar-refractivity contribution in [3.8, 4) is 0 Å². The van der Waals surface area contributed by atoms with Gasteiger partial charge < -0.3 is 16.4 Å². The number of aromatic nitrogens is 1. The third-order valence-corrected chi connectivity index (χ3v) is 3.92. The molecule has 1 amide bonds. The Bertz CT molecular complexity index is 606. The van der Waals surface area contributed by atoms with Crippen molar-refractivity contribution >= 4 is 33.8 Å². The van der Waals surface area contributed by atoms with Crippen molar-refractivity contribution in [3.63, 3.8) is 0 Å². The molecule has 0 radical (unpaired) electrons. The Morgan fingerprint density at radius 2 is 1.86 bits per heavy atom. The number of amides is 1. The number of benzene rings is 1. The number of rotatable bonds is 5. The molecule has 0 unspecified atom stereocenters. The van der Waals surface area contributed by atoms with Gasteiger partial charge in [0.15, 0.2) is 5.13 Å². The first-order valence-corrected chi connectivity index (χ1v) is 7.69. The molecule has 1 aromatic carbocycles. The topological polar surface area (TPSA) is 80.0 Å². The Labute approximate surface area is 128 Å². The molecule has 0 aliphatic rings. The normalized spacial score (nSPS) is 12.2. The largest absolute Gasteiger partial charge is 0.332 e. The molecule has 1 atom stereocenters. The molecule has 6 heteroatoms. The molecule has 1 heterocycles. The van der Waals surface area contributed by atoms with Crippen molar-refractivity contribution in [1.29, 1.82) is 0 Å². The highest BCUT2D eigenvalue weighted by Gasteiger charge is 2.16. The third-order valence-electron chi connectivity index (χ3n) is 3.04. The van der Waals surface area contributed by atoms with Crippen LogP contribution in [0, 0.1) is 12.8 Å². The summed E-state index contributed by atoms with van der Waals surface area (Å²) >= 11 is 1.56. The maximum atomic E-state index is 11.9. The second kappa shape index (κ2) is 6.69. The lowest BCUT2D eigenvalue weighted by Gasteiger charge is -2.15. The second-order valence-corrected chi connectivity index (χ2v) is 6.11. The zero-order valence-corrected chi connectivity index (χ0v) is 13.2. The van der Waals surface area contributed by atoms with E-state index < -0.39 is 6.04 Å². The van der Waals surface area contributed by atoms with Gasteiger partial charge in [-0.25, -0.2) is 4.98 Å². The number of carbonyl (C=O) groups is 1. The predicted molar refractivity (Wildman–Crippen MR) is 88.0 cm³/mol. The Hall–Kier alpha value is -1.92. The highest BCUT2D eigenvalue weighted by molar-refractivity contribution is 7.13. The van der Waals surface area contributed by atoms with Gasteiger partial charge in [0.2, 0.25) is 5.91 Å². The van der Waals surface area contributed by atoms with Gasteiger partial charge in [-0.15, -0.1) is 11.3 Å². The third kappa shape index (κ3) is 4.27. The number of aryl methyl sites for hydroxylation is 1. The van der Waals surface area contributed by atoms with E-state index in [1.165, 1.54) is 0 Å². The summed E-state index contributed by atoms with van der Waals surface area (Å²) in [5.41, 5.74) is 8.47. The van der Waals surface area contributed by atoms with E-state index in [0.717, 1.165) is 22.2 Å². The predicted octanol–water partition coefficient (Wildman–Crippen LogP) is 3.12. The summed E-state index contributed by atoms with van der Waals surface area (Å²) < 4.78 is 0. The van der Waals surface area contributed by atoms with Crippen LogP contribution in [0.25, 0.3) is 0 Å². The average Bonchev–Trinajstić information content (AvgIpc) is 2.85. The molecule has 4 N–H and O–H groups in total. The van der Waals surface area contributed by atoms with Gasteiger partial charge in [0.25, 0.3) is 0 Å². The van der Waals surface area contributed by atoms with Crippen molar-refractivity contribution in [1.82, 2.24) is 4.98 Å². The van der Waals surface area contributed by atoms with Gasteiger partial charge in [-0.1, -0.05) is 13.8 Å². The van der Waals surface area contributed by atoms with Crippen molar-refractivity contribution in [3.05, 3.63) is 35.3 Å². The lowest BCUT2D eigenvalue weighted by Crippen LogP contribution is -2.39. The lowest BCUT2D eigenvalue weighted by molar-refractivity contribution is -0.118. The van der Waals surface area contributed by atoms with Crippen LogP contribution in [0.15, 0.2) is 29.6 Å². The van der Waals surface area contributed by atoms with Crippen LogP contribution in [-0.2, 0) is 4.79 Å². The SMILES string of the molecule is Cc1csc(Nc2ccc(NC(=O)[C@@H](N)C(C)C)cc2)n1. The van der Waals surface area contributed by atoms with Crippen LogP contribution >= 0.6 is 11.3 Å². The summed E-state index contributed by atoms with van der Waals surface area (Å²) in [4.78, 5) is 16.2. The number of nitrogens with two attached hydrogens (primary N) is 1. The smallest absolute Gasteiger partial charge is 0.241 e. The lowest BCUT2D eigenvalue weighted by atomic mass is 10.0. The summed E-state index contributed by atoms with van der Waals surface area (Å²) in [6, 6.07) is 6.98. The summed E-state index contributed by atoms with van der Waals surface area (Å²) in [5, 5.41) is 8.87. The molecular formula is C15H20N4OS. The fraction of sp³-hybridized carbons (Fsp3) is 0.333. The summed E-state index contributed by atoms with van der Waals surface area (Å²) in [7, 11) is 0. The zero-order valence-electron chi connectivity index (χ0n) is 12.4. The van der Waals surface area contributed by atoms with Crippen LogP contribution in [-0.4, -0.2) is 16.9 Å². The quantitative estimate of drug-likeness (QED) is 0.793. The van der Waals surface area contributed by atoms with Gasteiger partial charge in [0, 0.05) is 16.8 Å². The van der Waals surface area contributed by atoms with Gasteiger partial charge in [-0.2, -0.15) is 0 Å². The van der Waals surface area contributed by atoms with Crippen LogP contribution in [0.1, 0.15) is 19.5 Å². The Morgan fingerprint density at radius 1 is 1.24 bits per heavy atom. The minimum Gasteiger partial charge on any atom is -0.332 e. The number of hydrogen-bond acceptors (Lipinski definition) is 5. The molecule has 0 saturated carbocycles. The van der Waals surface area contributed by atoms with Gasteiger partial charge in [0.1, 0.15) is 0 Å². The minimum absolute atomic E-state index is 0.110. The molecule has 21 heavy (non-hydrogen) atoms. The van der Waals surface area contributed by atoms with Crippen LogP contribution in [0.4, 0.5) is 16.5 Å². The van der Waals surface area contributed by atoms with E-state index in [1.807, 2.05) is 50.4 Å². The standard InChI is InChI=1S/C15H20N4OS/c1-9(2)13(16)14(20)18-11-4-6-12(7-5-11)19-15-17-10(3)8-21-15/h4-9,13H,16H2,1-3H3,(H,17,19)(H,18,20)/t13-/m0/s1. The van der Waals surface area contributed by atoms with Crippen molar-refractivity contribution in [2.75, 3.05) is 10.6 Å². The van der Waals surface area contributed by atoms with E-state index in [-0.39, 0.29) is 11.8 Å². The van der Waals surface area contributed by atoms with Crippen LogP contribution < -0.4 is 16.4 Å².